The third kappa shape index (κ3) is 3.54. The van der Waals surface area contributed by atoms with Crippen LogP contribution in [0.1, 0.15) is 45.9 Å². The number of nitrogens with one attached hydrogen (secondary N) is 1. The van der Waals surface area contributed by atoms with Gasteiger partial charge in [0.05, 0.1) is 18.5 Å². The van der Waals surface area contributed by atoms with E-state index in [9.17, 15) is 18.0 Å². The third-order valence-corrected chi connectivity index (χ3v) is 4.83. The molecule has 146 valence electrons. The van der Waals surface area contributed by atoms with Crippen LogP contribution in [0.5, 0.6) is 0 Å². The number of fused-ring (bicyclic) bond motifs is 1. The number of nitrogens with zero attached hydrogens (tertiary/aromatic N) is 2. The van der Waals surface area contributed by atoms with Crippen LogP contribution in [0.3, 0.4) is 0 Å². The van der Waals surface area contributed by atoms with Crippen LogP contribution in [0.15, 0.2) is 47.1 Å². The Kier molecular flexibility index (Phi) is 4.70. The zero-order chi connectivity index (χ0) is 19.7. The van der Waals surface area contributed by atoms with Crippen LogP contribution >= 0.6 is 0 Å². The van der Waals surface area contributed by atoms with E-state index in [0.29, 0.717) is 41.1 Å². The Bertz CT molecular complexity index is 974. The van der Waals surface area contributed by atoms with Crippen LogP contribution in [-0.4, -0.2) is 15.7 Å². The van der Waals surface area contributed by atoms with Gasteiger partial charge in [0.1, 0.15) is 5.76 Å². The van der Waals surface area contributed by atoms with Gasteiger partial charge in [-0.3, -0.25) is 4.79 Å². The highest BCUT2D eigenvalue weighted by Gasteiger charge is 2.39. The summed E-state index contributed by atoms with van der Waals surface area (Å²) >= 11 is 0. The number of benzene rings is 1. The smallest absolute Gasteiger partial charge is 0.435 e. The minimum atomic E-state index is -4.47. The maximum absolute atomic E-state index is 13.3. The Balaban J connectivity index is 1.57. The monoisotopic (exact) mass is 389 g/mol. The van der Waals surface area contributed by atoms with E-state index in [1.165, 1.54) is 10.9 Å². The number of carbonyl (C=O) groups excluding carboxylic acids is 1. The normalized spacial score (nSPS) is 14.0. The minimum absolute atomic E-state index is 0.259. The van der Waals surface area contributed by atoms with Gasteiger partial charge in [-0.2, -0.15) is 18.3 Å². The third-order valence-electron chi connectivity index (χ3n) is 4.83. The van der Waals surface area contributed by atoms with E-state index in [1.54, 1.807) is 36.4 Å². The molecule has 1 aliphatic carbocycles. The first-order valence-electron chi connectivity index (χ1n) is 9.02. The molecule has 1 aliphatic rings. The number of hydrogen-bond acceptors (Lipinski definition) is 3. The SMILES string of the molecule is O=C(NCc1ccco1)c1ccc(-n2nc(C(F)(F)F)c3c2CCCC3)cc1. The number of alkyl halides is 3. The summed E-state index contributed by atoms with van der Waals surface area (Å²) in [5.41, 5.74) is 1.01. The summed E-state index contributed by atoms with van der Waals surface area (Å²) in [5, 5.41) is 6.59. The molecular weight excluding hydrogens is 371 g/mol. The molecule has 3 aromatic rings. The van der Waals surface area contributed by atoms with Crippen LogP contribution < -0.4 is 5.32 Å². The molecule has 1 N–H and O–H groups in total. The summed E-state index contributed by atoms with van der Waals surface area (Å²) in [7, 11) is 0. The lowest BCUT2D eigenvalue weighted by molar-refractivity contribution is -0.142. The molecule has 28 heavy (non-hydrogen) atoms. The molecular formula is C20H18F3N3O2. The number of rotatable bonds is 4. The van der Waals surface area contributed by atoms with Gasteiger partial charge >= 0.3 is 6.18 Å². The van der Waals surface area contributed by atoms with Gasteiger partial charge in [0.25, 0.3) is 5.91 Å². The van der Waals surface area contributed by atoms with Crippen molar-refractivity contribution >= 4 is 5.91 Å². The van der Waals surface area contributed by atoms with Gasteiger partial charge in [0, 0.05) is 16.8 Å². The fourth-order valence-corrected chi connectivity index (χ4v) is 3.48. The van der Waals surface area contributed by atoms with Crippen molar-refractivity contribution in [2.24, 2.45) is 0 Å². The van der Waals surface area contributed by atoms with Crippen LogP contribution in [0, 0.1) is 0 Å². The average Bonchev–Trinajstić information content (AvgIpc) is 3.33. The molecule has 0 spiro atoms. The second-order valence-electron chi connectivity index (χ2n) is 6.70. The highest BCUT2D eigenvalue weighted by atomic mass is 19.4. The molecule has 0 fully saturated rings. The fraction of sp³-hybridized carbons (Fsp3) is 0.300. The predicted molar refractivity (Wildman–Crippen MR) is 95.1 cm³/mol. The van der Waals surface area contributed by atoms with E-state index < -0.39 is 11.9 Å². The number of carbonyl (C=O) groups is 1. The standard InChI is InChI=1S/C20H18F3N3O2/c21-20(22,23)18-16-5-1-2-6-17(16)26(25-18)14-9-7-13(8-10-14)19(27)24-12-15-4-3-11-28-15/h3-4,7-11H,1-2,5-6,12H2,(H,24,27). The van der Waals surface area contributed by atoms with Crippen LogP contribution in [0.4, 0.5) is 13.2 Å². The van der Waals surface area contributed by atoms with E-state index in [1.807, 2.05) is 0 Å². The van der Waals surface area contributed by atoms with Crippen molar-refractivity contribution < 1.29 is 22.4 Å². The summed E-state index contributed by atoms with van der Waals surface area (Å²) in [4.78, 5) is 12.2. The quantitative estimate of drug-likeness (QED) is 0.724. The Labute approximate surface area is 159 Å². The van der Waals surface area contributed by atoms with E-state index in [4.69, 9.17) is 4.42 Å². The van der Waals surface area contributed by atoms with Gasteiger partial charge in [-0.15, -0.1) is 0 Å². The van der Waals surface area contributed by atoms with E-state index in [2.05, 4.69) is 10.4 Å². The largest absolute Gasteiger partial charge is 0.467 e. The first-order chi connectivity index (χ1) is 13.4. The van der Waals surface area contributed by atoms with Gasteiger partial charge in [-0.1, -0.05) is 0 Å². The lowest BCUT2D eigenvalue weighted by Crippen LogP contribution is -2.22. The first-order valence-corrected chi connectivity index (χ1v) is 9.02. The second-order valence-corrected chi connectivity index (χ2v) is 6.70. The maximum atomic E-state index is 13.3. The Morgan fingerprint density at radius 3 is 2.57 bits per heavy atom. The van der Waals surface area contributed by atoms with Crippen molar-refractivity contribution in [1.82, 2.24) is 15.1 Å². The second kappa shape index (κ2) is 7.18. The number of furan rings is 1. The highest BCUT2D eigenvalue weighted by Crippen LogP contribution is 2.36. The Morgan fingerprint density at radius 1 is 1.14 bits per heavy atom. The van der Waals surface area contributed by atoms with Crippen molar-refractivity contribution in [3.05, 3.63) is 70.9 Å². The van der Waals surface area contributed by atoms with Gasteiger partial charge < -0.3 is 9.73 Å². The number of hydrogen-bond donors (Lipinski definition) is 1. The molecule has 0 aliphatic heterocycles. The van der Waals surface area contributed by atoms with Crippen molar-refractivity contribution in [1.29, 1.82) is 0 Å². The van der Waals surface area contributed by atoms with Crippen molar-refractivity contribution in [2.45, 2.75) is 38.4 Å². The number of amides is 1. The van der Waals surface area contributed by atoms with Crippen LogP contribution in [0.2, 0.25) is 0 Å². The molecule has 1 aromatic carbocycles. The number of halogens is 3. The first kappa shape index (κ1) is 18.3. The highest BCUT2D eigenvalue weighted by molar-refractivity contribution is 5.94. The molecule has 4 rings (SSSR count). The molecule has 0 atom stereocenters. The van der Waals surface area contributed by atoms with Crippen molar-refractivity contribution in [2.75, 3.05) is 0 Å². The molecule has 2 heterocycles. The zero-order valence-electron chi connectivity index (χ0n) is 14.9. The van der Waals surface area contributed by atoms with Gasteiger partial charge in [0.2, 0.25) is 0 Å². The Hall–Kier alpha value is -3.03. The Morgan fingerprint density at radius 2 is 1.89 bits per heavy atom. The molecule has 0 unspecified atom stereocenters. The molecule has 0 bridgehead atoms. The van der Waals surface area contributed by atoms with Gasteiger partial charge in [0.15, 0.2) is 5.69 Å². The maximum Gasteiger partial charge on any atom is 0.435 e. The van der Waals surface area contributed by atoms with Gasteiger partial charge in [-0.05, 0) is 62.1 Å². The van der Waals surface area contributed by atoms with E-state index in [-0.39, 0.29) is 12.5 Å². The average molecular weight is 389 g/mol. The van der Waals surface area contributed by atoms with Crippen LogP contribution in [0.25, 0.3) is 5.69 Å². The molecule has 0 saturated heterocycles. The van der Waals surface area contributed by atoms with E-state index >= 15 is 0 Å². The number of aromatic nitrogens is 2. The van der Waals surface area contributed by atoms with Crippen molar-refractivity contribution in [3.8, 4) is 5.69 Å². The van der Waals surface area contributed by atoms with Crippen LogP contribution in [-0.2, 0) is 25.6 Å². The predicted octanol–water partition coefficient (Wildman–Crippen LogP) is 4.29. The summed E-state index contributed by atoms with van der Waals surface area (Å²) in [6.45, 7) is 0.259. The minimum Gasteiger partial charge on any atom is -0.467 e. The summed E-state index contributed by atoms with van der Waals surface area (Å²) in [6.07, 6.45) is -0.435. The zero-order valence-corrected chi connectivity index (χ0v) is 14.9. The summed E-state index contributed by atoms with van der Waals surface area (Å²) in [5.74, 6) is 0.342. The molecule has 2 aromatic heterocycles. The molecule has 0 saturated carbocycles. The van der Waals surface area contributed by atoms with E-state index in [0.717, 1.165) is 12.8 Å². The summed E-state index contributed by atoms with van der Waals surface area (Å²) in [6, 6.07) is 9.88. The lowest BCUT2D eigenvalue weighted by atomic mass is 9.95. The molecule has 8 heteroatoms. The topological polar surface area (TPSA) is 60.1 Å². The molecule has 0 radical (unpaired) electrons. The fourth-order valence-electron chi connectivity index (χ4n) is 3.48. The van der Waals surface area contributed by atoms with Gasteiger partial charge in [-0.25, -0.2) is 4.68 Å². The molecule has 1 amide bonds. The lowest BCUT2D eigenvalue weighted by Gasteiger charge is -2.15. The van der Waals surface area contributed by atoms with Crippen molar-refractivity contribution in [3.63, 3.8) is 0 Å². The summed E-state index contributed by atoms with van der Waals surface area (Å²) < 4.78 is 46.5. The molecule has 5 nitrogen and oxygen atoms in total.